The number of nitrogens with one attached hydrogen (secondary N) is 2. The molecule has 0 aromatic carbocycles. The van der Waals surface area contributed by atoms with Gasteiger partial charge < -0.3 is 10.6 Å². The standard InChI is InChI=1S/C17H20N4O2/c1-2-10-18-17(23)15-20-14(13-9-5-6-11-21(13)15)16(22)19-12-7-3-4-8-12/h2,5-6,9,11-12H,1,3-4,7-8,10H2,(H,18,23)(H,19,22). The molecule has 0 unspecified atom stereocenters. The van der Waals surface area contributed by atoms with Crippen molar-refractivity contribution >= 4 is 17.3 Å². The third kappa shape index (κ3) is 3.11. The second kappa shape index (κ2) is 6.64. The number of fused-ring (bicyclic) bond motifs is 1. The maximum atomic E-state index is 12.5. The van der Waals surface area contributed by atoms with Crippen molar-refractivity contribution in [1.29, 1.82) is 0 Å². The van der Waals surface area contributed by atoms with Gasteiger partial charge in [-0.3, -0.25) is 14.0 Å². The Hall–Kier alpha value is -2.63. The molecule has 0 atom stereocenters. The Morgan fingerprint density at radius 2 is 2.09 bits per heavy atom. The average Bonchev–Trinajstić information content (AvgIpc) is 3.20. The van der Waals surface area contributed by atoms with Crippen LogP contribution in [0.5, 0.6) is 0 Å². The molecule has 1 fully saturated rings. The molecule has 0 aliphatic heterocycles. The zero-order valence-corrected chi connectivity index (χ0v) is 12.9. The van der Waals surface area contributed by atoms with Gasteiger partial charge in [0.15, 0.2) is 5.69 Å². The van der Waals surface area contributed by atoms with E-state index in [9.17, 15) is 9.59 Å². The summed E-state index contributed by atoms with van der Waals surface area (Å²) in [6.07, 6.45) is 7.63. The van der Waals surface area contributed by atoms with E-state index in [1.807, 2.05) is 6.07 Å². The molecular formula is C17H20N4O2. The molecule has 0 saturated heterocycles. The Balaban J connectivity index is 1.92. The molecule has 2 amide bonds. The Bertz CT molecular complexity index is 744. The van der Waals surface area contributed by atoms with E-state index in [4.69, 9.17) is 0 Å². The first-order valence-corrected chi connectivity index (χ1v) is 7.87. The van der Waals surface area contributed by atoms with Crippen molar-refractivity contribution in [2.75, 3.05) is 6.54 Å². The van der Waals surface area contributed by atoms with Gasteiger partial charge in [-0.1, -0.05) is 25.0 Å². The summed E-state index contributed by atoms with van der Waals surface area (Å²) in [6, 6.07) is 5.63. The zero-order valence-electron chi connectivity index (χ0n) is 12.9. The highest BCUT2D eigenvalue weighted by atomic mass is 16.2. The lowest BCUT2D eigenvalue weighted by molar-refractivity contribution is 0.0935. The molecule has 2 N–H and O–H groups in total. The molecule has 2 aromatic heterocycles. The van der Waals surface area contributed by atoms with Gasteiger partial charge in [0.1, 0.15) is 0 Å². The molecule has 0 bridgehead atoms. The molecule has 2 aromatic rings. The van der Waals surface area contributed by atoms with Crippen LogP contribution in [-0.2, 0) is 0 Å². The van der Waals surface area contributed by atoms with E-state index < -0.39 is 0 Å². The normalized spacial score (nSPS) is 14.8. The third-order valence-corrected chi connectivity index (χ3v) is 4.06. The molecule has 6 heteroatoms. The highest BCUT2D eigenvalue weighted by Gasteiger charge is 2.24. The van der Waals surface area contributed by atoms with Crippen molar-refractivity contribution in [3.05, 3.63) is 48.6 Å². The Kier molecular flexibility index (Phi) is 4.41. The largest absolute Gasteiger partial charge is 0.348 e. The zero-order chi connectivity index (χ0) is 16.2. The molecule has 0 radical (unpaired) electrons. The predicted molar refractivity (Wildman–Crippen MR) is 87.4 cm³/mol. The van der Waals surface area contributed by atoms with Crippen LogP contribution in [0.1, 0.15) is 46.8 Å². The van der Waals surface area contributed by atoms with Crippen LogP contribution in [0.4, 0.5) is 0 Å². The van der Waals surface area contributed by atoms with E-state index in [-0.39, 0.29) is 23.7 Å². The van der Waals surface area contributed by atoms with Crippen LogP contribution < -0.4 is 10.6 Å². The Morgan fingerprint density at radius 3 is 2.83 bits per heavy atom. The van der Waals surface area contributed by atoms with Crippen molar-refractivity contribution in [3.63, 3.8) is 0 Å². The van der Waals surface area contributed by atoms with E-state index in [1.165, 1.54) is 0 Å². The van der Waals surface area contributed by atoms with Crippen LogP contribution >= 0.6 is 0 Å². The smallest absolute Gasteiger partial charge is 0.287 e. The Labute approximate surface area is 134 Å². The highest BCUT2D eigenvalue weighted by Crippen LogP contribution is 2.19. The van der Waals surface area contributed by atoms with Crippen LogP contribution in [-0.4, -0.2) is 33.8 Å². The summed E-state index contributed by atoms with van der Waals surface area (Å²) in [6.45, 7) is 3.92. The minimum Gasteiger partial charge on any atom is -0.348 e. The summed E-state index contributed by atoms with van der Waals surface area (Å²) < 4.78 is 1.64. The van der Waals surface area contributed by atoms with Crippen LogP contribution in [0.3, 0.4) is 0 Å². The number of aromatic nitrogens is 2. The van der Waals surface area contributed by atoms with Gasteiger partial charge in [0.05, 0.1) is 5.52 Å². The summed E-state index contributed by atoms with van der Waals surface area (Å²) >= 11 is 0. The highest BCUT2D eigenvalue weighted by molar-refractivity contribution is 6.02. The number of hydrogen-bond acceptors (Lipinski definition) is 3. The molecule has 23 heavy (non-hydrogen) atoms. The fraction of sp³-hybridized carbons (Fsp3) is 0.353. The third-order valence-electron chi connectivity index (χ3n) is 4.06. The quantitative estimate of drug-likeness (QED) is 0.828. The molecule has 1 aliphatic rings. The lowest BCUT2D eigenvalue weighted by Gasteiger charge is -2.10. The summed E-state index contributed by atoms with van der Waals surface area (Å²) in [5, 5.41) is 5.71. The van der Waals surface area contributed by atoms with Gasteiger partial charge in [-0.25, -0.2) is 4.98 Å². The van der Waals surface area contributed by atoms with Gasteiger partial charge in [0, 0.05) is 18.8 Å². The molecule has 0 spiro atoms. The molecule has 1 aliphatic carbocycles. The van der Waals surface area contributed by atoms with Gasteiger partial charge in [-0.05, 0) is 25.0 Å². The minimum atomic E-state index is -0.328. The number of rotatable bonds is 5. The SMILES string of the molecule is C=CCNC(=O)c1nc(C(=O)NC2CCCC2)c2ccccn12. The van der Waals surface area contributed by atoms with Crippen LogP contribution in [0, 0.1) is 0 Å². The van der Waals surface area contributed by atoms with Crippen molar-refractivity contribution in [1.82, 2.24) is 20.0 Å². The summed E-state index contributed by atoms with van der Waals surface area (Å²) in [4.78, 5) is 29.0. The maximum Gasteiger partial charge on any atom is 0.287 e. The second-order valence-electron chi connectivity index (χ2n) is 5.69. The van der Waals surface area contributed by atoms with Gasteiger partial charge in [-0.2, -0.15) is 0 Å². The van der Waals surface area contributed by atoms with E-state index in [1.54, 1.807) is 28.8 Å². The number of amides is 2. The van der Waals surface area contributed by atoms with E-state index >= 15 is 0 Å². The van der Waals surface area contributed by atoms with Gasteiger partial charge >= 0.3 is 0 Å². The second-order valence-corrected chi connectivity index (χ2v) is 5.69. The first kappa shape index (κ1) is 15.3. The van der Waals surface area contributed by atoms with Crippen molar-refractivity contribution in [2.24, 2.45) is 0 Å². The monoisotopic (exact) mass is 312 g/mol. The number of pyridine rings is 1. The van der Waals surface area contributed by atoms with E-state index in [0.29, 0.717) is 17.8 Å². The lowest BCUT2D eigenvalue weighted by Crippen LogP contribution is -2.33. The molecule has 3 rings (SSSR count). The molecule has 1 saturated carbocycles. The first-order valence-electron chi connectivity index (χ1n) is 7.87. The number of imidazole rings is 1. The van der Waals surface area contributed by atoms with Crippen LogP contribution in [0.2, 0.25) is 0 Å². The minimum absolute atomic E-state index is 0.207. The van der Waals surface area contributed by atoms with E-state index in [0.717, 1.165) is 25.7 Å². The fourth-order valence-corrected chi connectivity index (χ4v) is 2.93. The van der Waals surface area contributed by atoms with Crippen molar-refractivity contribution in [2.45, 2.75) is 31.7 Å². The van der Waals surface area contributed by atoms with Crippen molar-refractivity contribution in [3.8, 4) is 0 Å². The van der Waals surface area contributed by atoms with Crippen molar-refractivity contribution < 1.29 is 9.59 Å². The van der Waals surface area contributed by atoms with Crippen LogP contribution in [0.25, 0.3) is 5.52 Å². The first-order chi connectivity index (χ1) is 11.2. The lowest BCUT2D eigenvalue weighted by atomic mass is 10.2. The molecule has 2 heterocycles. The fourth-order valence-electron chi connectivity index (χ4n) is 2.93. The topological polar surface area (TPSA) is 75.5 Å². The van der Waals surface area contributed by atoms with Gasteiger partial charge in [0.25, 0.3) is 11.8 Å². The molecular weight excluding hydrogens is 292 g/mol. The summed E-state index contributed by atoms with van der Waals surface area (Å²) in [7, 11) is 0. The number of hydrogen-bond donors (Lipinski definition) is 2. The maximum absolute atomic E-state index is 12.5. The summed E-state index contributed by atoms with van der Waals surface area (Å²) in [5.41, 5.74) is 0.924. The van der Waals surface area contributed by atoms with Crippen LogP contribution in [0.15, 0.2) is 37.1 Å². The number of carbonyl (C=O) groups is 2. The number of carbonyl (C=O) groups excluding carboxylic acids is 2. The average molecular weight is 312 g/mol. The Morgan fingerprint density at radius 1 is 1.30 bits per heavy atom. The van der Waals surface area contributed by atoms with E-state index in [2.05, 4.69) is 22.2 Å². The van der Waals surface area contributed by atoms with Gasteiger partial charge in [0.2, 0.25) is 5.82 Å². The summed E-state index contributed by atoms with van der Waals surface area (Å²) in [5.74, 6) is -0.339. The molecule has 6 nitrogen and oxygen atoms in total. The van der Waals surface area contributed by atoms with Gasteiger partial charge in [-0.15, -0.1) is 6.58 Å². The number of nitrogens with zero attached hydrogens (tertiary/aromatic N) is 2. The molecule has 120 valence electrons. The predicted octanol–water partition coefficient (Wildman–Crippen LogP) is 1.92.